The van der Waals surface area contributed by atoms with Crippen LogP contribution in [0.3, 0.4) is 0 Å². The van der Waals surface area contributed by atoms with Crippen LogP contribution in [0.2, 0.25) is 0 Å². The van der Waals surface area contributed by atoms with Crippen molar-refractivity contribution in [1.82, 2.24) is 15.3 Å². The minimum Gasteiger partial charge on any atom is -0.463 e. The largest absolute Gasteiger partial charge is 0.463 e. The van der Waals surface area contributed by atoms with Crippen molar-refractivity contribution in [3.05, 3.63) is 83.2 Å². The number of fused-ring (bicyclic) bond motifs is 1. The number of nitrogens with one attached hydrogen (secondary N) is 1. The van der Waals surface area contributed by atoms with Crippen LogP contribution in [0.25, 0.3) is 0 Å². The number of benzene rings is 2. The number of aryl methyl sites for hydroxylation is 2. The summed E-state index contributed by atoms with van der Waals surface area (Å²) in [4.78, 5) is 36.9. The zero-order valence-electron chi connectivity index (χ0n) is 19.7. The molecule has 2 heterocycles. The molecular weight excluding hydrogens is 432 g/mol. The molecule has 1 amide bonds. The number of amides is 1. The van der Waals surface area contributed by atoms with Crippen molar-refractivity contribution in [2.24, 2.45) is 0 Å². The summed E-state index contributed by atoms with van der Waals surface area (Å²) >= 11 is 0. The monoisotopic (exact) mass is 460 g/mol. The fourth-order valence-electron chi connectivity index (χ4n) is 4.39. The van der Waals surface area contributed by atoms with Crippen molar-refractivity contribution >= 4 is 17.6 Å². The van der Waals surface area contributed by atoms with E-state index in [1.807, 2.05) is 74.5 Å². The zero-order chi connectivity index (χ0) is 24.3. The molecule has 0 fully saturated rings. The van der Waals surface area contributed by atoms with Gasteiger partial charge in [0.1, 0.15) is 5.54 Å². The lowest BCUT2D eigenvalue weighted by atomic mass is 9.77. The predicted molar refractivity (Wildman–Crippen MR) is 128 cm³/mol. The van der Waals surface area contributed by atoms with E-state index in [9.17, 15) is 9.59 Å². The molecule has 0 spiro atoms. The van der Waals surface area contributed by atoms with E-state index in [-0.39, 0.29) is 25.1 Å². The standard InChI is InChI=1S/C26H28N4O4/c1-5-33-24(32)23(34-25-28-17(2)15-18(3)29-25)26(19-11-7-6-8-12-19)20-13-9-10-14-21(20)30(4)22(31)16-27-26/h6-15,23,27H,5,16H2,1-4H3/t23-,26?/m1/s1. The third-order valence-electron chi connectivity index (χ3n) is 5.89. The first-order valence-corrected chi connectivity index (χ1v) is 11.2. The van der Waals surface area contributed by atoms with Crippen LogP contribution in [0.1, 0.15) is 29.4 Å². The molecule has 0 saturated heterocycles. The van der Waals surface area contributed by atoms with Gasteiger partial charge in [-0.05, 0) is 38.5 Å². The van der Waals surface area contributed by atoms with E-state index in [2.05, 4.69) is 15.3 Å². The molecule has 34 heavy (non-hydrogen) atoms. The van der Waals surface area contributed by atoms with Gasteiger partial charge in [-0.25, -0.2) is 14.8 Å². The molecule has 0 saturated carbocycles. The first kappa shape index (κ1) is 23.4. The average Bonchev–Trinajstić information content (AvgIpc) is 2.93. The van der Waals surface area contributed by atoms with E-state index in [4.69, 9.17) is 9.47 Å². The lowest BCUT2D eigenvalue weighted by Gasteiger charge is -2.40. The van der Waals surface area contributed by atoms with Gasteiger partial charge in [-0.3, -0.25) is 10.1 Å². The van der Waals surface area contributed by atoms with Gasteiger partial charge in [-0.1, -0.05) is 48.5 Å². The summed E-state index contributed by atoms with van der Waals surface area (Å²) in [5.74, 6) is -0.732. The van der Waals surface area contributed by atoms with Crippen molar-refractivity contribution in [2.75, 3.05) is 25.1 Å². The van der Waals surface area contributed by atoms with Crippen LogP contribution < -0.4 is 15.0 Å². The Hall–Kier alpha value is -3.78. The van der Waals surface area contributed by atoms with E-state index in [1.54, 1.807) is 18.9 Å². The van der Waals surface area contributed by atoms with Crippen LogP contribution in [0.4, 0.5) is 5.69 Å². The van der Waals surface area contributed by atoms with Gasteiger partial charge in [0.25, 0.3) is 0 Å². The number of hydrogen-bond acceptors (Lipinski definition) is 7. The molecule has 1 unspecified atom stereocenters. The molecule has 2 aromatic carbocycles. The van der Waals surface area contributed by atoms with Crippen molar-refractivity contribution < 1.29 is 19.1 Å². The molecule has 4 rings (SSSR count). The van der Waals surface area contributed by atoms with Crippen molar-refractivity contribution in [1.29, 1.82) is 0 Å². The molecule has 8 nitrogen and oxygen atoms in total. The summed E-state index contributed by atoms with van der Waals surface area (Å²) in [7, 11) is 1.72. The first-order chi connectivity index (χ1) is 16.4. The maximum absolute atomic E-state index is 13.5. The van der Waals surface area contributed by atoms with E-state index in [0.29, 0.717) is 22.6 Å². The number of para-hydroxylation sites is 1. The molecule has 1 aliphatic rings. The van der Waals surface area contributed by atoms with Gasteiger partial charge in [0.05, 0.1) is 13.2 Å². The molecule has 1 N–H and O–H groups in total. The van der Waals surface area contributed by atoms with E-state index < -0.39 is 17.6 Å². The summed E-state index contributed by atoms with van der Waals surface area (Å²) in [6.45, 7) is 5.55. The smallest absolute Gasteiger partial charge is 0.350 e. The van der Waals surface area contributed by atoms with E-state index in [0.717, 1.165) is 5.56 Å². The Bertz CT molecular complexity index is 1180. The van der Waals surface area contributed by atoms with Gasteiger partial charge in [0.15, 0.2) is 0 Å². The maximum Gasteiger partial charge on any atom is 0.350 e. The van der Waals surface area contributed by atoms with Crippen molar-refractivity contribution in [3.8, 4) is 6.01 Å². The Labute approximate surface area is 198 Å². The van der Waals surface area contributed by atoms with Crippen LogP contribution in [0.15, 0.2) is 60.7 Å². The number of ether oxygens (including phenoxy) is 2. The molecule has 8 heteroatoms. The van der Waals surface area contributed by atoms with Gasteiger partial charge in [-0.2, -0.15) is 0 Å². The van der Waals surface area contributed by atoms with E-state index in [1.165, 1.54) is 0 Å². The van der Waals surface area contributed by atoms with Gasteiger partial charge in [-0.15, -0.1) is 0 Å². The molecular formula is C26H28N4O4. The Balaban J connectivity index is 2.00. The lowest BCUT2D eigenvalue weighted by molar-refractivity contribution is -0.155. The predicted octanol–water partition coefficient (Wildman–Crippen LogP) is 2.91. The highest BCUT2D eigenvalue weighted by molar-refractivity contribution is 5.97. The van der Waals surface area contributed by atoms with Crippen LogP contribution in [-0.2, 0) is 19.9 Å². The Morgan fingerprint density at radius 2 is 1.74 bits per heavy atom. The van der Waals surface area contributed by atoms with Gasteiger partial charge >= 0.3 is 12.0 Å². The number of aromatic nitrogens is 2. The fraction of sp³-hybridized carbons (Fsp3) is 0.308. The highest BCUT2D eigenvalue weighted by Crippen LogP contribution is 2.41. The van der Waals surface area contributed by atoms with Crippen LogP contribution in [-0.4, -0.2) is 48.1 Å². The summed E-state index contributed by atoms with van der Waals surface area (Å²) in [5, 5.41) is 3.36. The highest BCUT2D eigenvalue weighted by atomic mass is 16.6. The number of carbonyl (C=O) groups excluding carboxylic acids is 2. The topological polar surface area (TPSA) is 93.6 Å². The third kappa shape index (κ3) is 4.24. The second-order valence-electron chi connectivity index (χ2n) is 8.18. The fourth-order valence-corrected chi connectivity index (χ4v) is 4.39. The molecule has 2 atom stereocenters. The molecule has 3 aromatic rings. The summed E-state index contributed by atoms with van der Waals surface area (Å²) < 4.78 is 11.8. The van der Waals surface area contributed by atoms with Crippen LogP contribution in [0, 0.1) is 13.8 Å². The first-order valence-electron chi connectivity index (χ1n) is 11.2. The summed E-state index contributed by atoms with van der Waals surface area (Å²) in [6, 6.07) is 18.8. The Morgan fingerprint density at radius 1 is 1.09 bits per heavy atom. The number of nitrogens with zero attached hydrogens (tertiary/aromatic N) is 3. The average molecular weight is 461 g/mol. The van der Waals surface area contributed by atoms with Crippen LogP contribution >= 0.6 is 0 Å². The zero-order valence-corrected chi connectivity index (χ0v) is 19.7. The molecule has 1 aromatic heterocycles. The van der Waals surface area contributed by atoms with E-state index >= 15 is 0 Å². The van der Waals surface area contributed by atoms with Gasteiger partial charge in [0, 0.05) is 29.7 Å². The second kappa shape index (κ2) is 9.61. The maximum atomic E-state index is 13.5. The lowest BCUT2D eigenvalue weighted by Crippen LogP contribution is -2.59. The number of likely N-dealkylation sites (N-methyl/N-ethyl adjacent to an activating group) is 1. The molecule has 0 aliphatic carbocycles. The number of esters is 1. The SMILES string of the molecule is CCOC(=O)[C@@H](Oc1nc(C)cc(C)n1)C1(c2ccccc2)NCC(=O)N(C)c2ccccc21. The second-order valence-corrected chi connectivity index (χ2v) is 8.18. The molecule has 0 bridgehead atoms. The molecule has 0 radical (unpaired) electrons. The van der Waals surface area contributed by atoms with Crippen molar-refractivity contribution in [2.45, 2.75) is 32.4 Å². The summed E-state index contributed by atoms with van der Waals surface area (Å²) in [5.41, 5.74) is 2.28. The molecule has 176 valence electrons. The Morgan fingerprint density at radius 3 is 2.41 bits per heavy atom. The number of hydrogen-bond donors (Lipinski definition) is 1. The normalized spacial score (nSPS) is 18.6. The Kier molecular flexibility index (Phi) is 6.61. The van der Waals surface area contributed by atoms with Crippen molar-refractivity contribution in [3.63, 3.8) is 0 Å². The minimum atomic E-state index is -1.26. The molecule has 1 aliphatic heterocycles. The number of carbonyl (C=O) groups is 2. The number of anilines is 1. The van der Waals surface area contributed by atoms with Gasteiger partial charge < -0.3 is 14.4 Å². The highest BCUT2D eigenvalue weighted by Gasteiger charge is 2.52. The quantitative estimate of drug-likeness (QED) is 0.566. The third-order valence-corrected chi connectivity index (χ3v) is 5.89. The minimum absolute atomic E-state index is 0.0208. The number of rotatable bonds is 6. The summed E-state index contributed by atoms with van der Waals surface area (Å²) in [6.07, 6.45) is -1.23. The van der Waals surface area contributed by atoms with Gasteiger partial charge in [0.2, 0.25) is 12.0 Å². The van der Waals surface area contributed by atoms with Crippen LogP contribution in [0.5, 0.6) is 6.01 Å².